The molecule has 1 amide bonds. The molecule has 2 aromatic carbocycles. The zero-order chi connectivity index (χ0) is 23.1. The zero-order valence-electron chi connectivity index (χ0n) is 18.6. The molecule has 32 heavy (non-hydrogen) atoms. The summed E-state index contributed by atoms with van der Waals surface area (Å²) in [4.78, 5) is 19.2. The first-order valence-corrected chi connectivity index (χ1v) is 12.0. The smallest absolute Gasteiger partial charge is 0.264 e. The largest absolute Gasteiger partial charge is 0.490 e. The quantitative estimate of drug-likeness (QED) is 0.617. The van der Waals surface area contributed by atoms with Crippen molar-refractivity contribution in [2.45, 2.75) is 32.6 Å². The van der Waals surface area contributed by atoms with Crippen molar-refractivity contribution < 1.29 is 17.9 Å². The van der Waals surface area contributed by atoms with E-state index in [1.165, 1.54) is 6.07 Å². The number of sulfonamides is 1. The minimum Gasteiger partial charge on any atom is -0.490 e. The van der Waals surface area contributed by atoms with Gasteiger partial charge in [0, 0.05) is 24.2 Å². The number of nitrogens with zero attached hydrogens (tertiary/aromatic N) is 2. The Morgan fingerprint density at radius 2 is 1.91 bits per heavy atom. The van der Waals surface area contributed by atoms with Crippen LogP contribution in [0.2, 0.25) is 0 Å². The third-order valence-corrected chi connectivity index (χ3v) is 6.76. The molecule has 4 rings (SSSR count). The van der Waals surface area contributed by atoms with E-state index in [1.54, 1.807) is 41.4 Å². The maximum absolute atomic E-state index is 13.2. The van der Waals surface area contributed by atoms with Gasteiger partial charge in [0.25, 0.3) is 10.0 Å². The zero-order valence-corrected chi connectivity index (χ0v) is 19.4. The topological polar surface area (TPSA) is 88.6 Å². The van der Waals surface area contributed by atoms with Crippen molar-refractivity contribution in [2.24, 2.45) is 11.3 Å². The Kier molecular flexibility index (Phi) is 5.58. The number of fused-ring (bicyclic) bond motifs is 2. The predicted octanol–water partition coefficient (Wildman–Crippen LogP) is 4.44. The van der Waals surface area contributed by atoms with Crippen LogP contribution < -0.4 is 14.4 Å². The number of anilines is 2. The number of carbonyl (C=O) groups excluding carboxylic acids is 1. The van der Waals surface area contributed by atoms with Crippen molar-refractivity contribution in [1.82, 2.24) is 4.98 Å². The van der Waals surface area contributed by atoms with Gasteiger partial charge in [-0.25, -0.2) is 8.42 Å². The molecule has 0 bridgehead atoms. The number of aromatic nitrogens is 1. The monoisotopic (exact) mass is 453 g/mol. The summed E-state index contributed by atoms with van der Waals surface area (Å²) in [6.45, 7) is 8.55. The number of benzene rings is 2. The Labute approximate surface area is 188 Å². The lowest BCUT2D eigenvalue weighted by atomic mass is 9.92. The normalized spacial score (nSPS) is 15.9. The Morgan fingerprint density at radius 3 is 2.66 bits per heavy atom. The molecule has 0 unspecified atom stereocenters. The highest BCUT2D eigenvalue weighted by Gasteiger charge is 2.38. The van der Waals surface area contributed by atoms with Crippen LogP contribution in [-0.4, -0.2) is 32.5 Å². The molecule has 1 aliphatic heterocycles. The van der Waals surface area contributed by atoms with Gasteiger partial charge in [-0.3, -0.25) is 14.5 Å². The molecule has 0 aliphatic carbocycles. The second-order valence-corrected chi connectivity index (χ2v) is 10.8. The van der Waals surface area contributed by atoms with E-state index in [1.807, 2.05) is 39.8 Å². The lowest BCUT2D eigenvalue weighted by Crippen LogP contribution is -2.43. The highest BCUT2D eigenvalue weighted by molar-refractivity contribution is 7.93. The van der Waals surface area contributed by atoms with Crippen LogP contribution in [0.3, 0.4) is 0 Å². The third kappa shape index (κ3) is 4.14. The minimum absolute atomic E-state index is 0.0138. The number of carbonyl (C=O) groups is 1. The highest BCUT2D eigenvalue weighted by Crippen LogP contribution is 2.39. The van der Waals surface area contributed by atoms with Crippen molar-refractivity contribution >= 4 is 38.2 Å². The fourth-order valence-electron chi connectivity index (χ4n) is 3.76. The molecule has 0 atom stereocenters. The fraction of sp³-hybridized carbons (Fsp3) is 0.333. The summed E-state index contributed by atoms with van der Waals surface area (Å²) in [5, 5.41) is 0.741. The number of para-hydroxylation sites is 1. The maximum Gasteiger partial charge on any atom is 0.264 e. The molecule has 2 heterocycles. The van der Waals surface area contributed by atoms with Crippen LogP contribution in [0, 0.1) is 11.3 Å². The van der Waals surface area contributed by atoms with Gasteiger partial charge < -0.3 is 9.64 Å². The number of amides is 1. The molecule has 0 saturated heterocycles. The van der Waals surface area contributed by atoms with Crippen LogP contribution >= 0.6 is 0 Å². The molecule has 8 heteroatoms. The lowest BCUT2D eigenvalue weighted by Gasteiger charge is -2.29. The molecule has 168 valence electrons. The number of ether oxygens (including phenoxy) is 1. The molecule has 0 radical (unpaired) electrons. The Bertz CT molecular complexity index is 1280. The summed E-state index contributed by atoms with van der Waals surface area (Å²) in [5.74, 6) is 0.721. The van der Waals surface area contributed by atoms with Crippen molar-refractivity contribution in [2.75, 3.05) is 22.8 Å². The highest BCUT2D eigenvalue weighted by atomic mass is 32.2. The Balaban J connectivity index is 1.71. The first kappa shape index (κ1) is 22.1. The van der Waals surface area contributed by atoms with E-state index < -0.39 is 15.4 Å². The summed E-state index contributed by atoms with van der Waals surface area (Å²) < 4.78 is 34.9. The predicted molar refractivity (Wildman–Crippen MR) is 125 cm³/mol. The molecular weight excluding hydrogens is 426 g/mol. The summed E-state index contributed by atoms with van der Waals surface area (Å²) in [6.07, 6.45) is 1.57. The van der Waals surface area contributed by atoms with Gasteiger partial charge in [-0.05, 0) is 44.0 Å². The van der Waals surface area contributed by atoms with Gasteiger partial charge in [0.05, 0.1) is 22.3 Å². The van der Waals surface area contributed by atoms with Gasteiger partial charge in [-0.15, -0.1) is 0 Å². The van der Waals surface area contributed by atoms with Crippen molar-refractivity contribution in [3.8, 4) is 5.75 Å². The molecule has 3 aromatic rings. The van der Waals surface area contributed by atoms with Crippen molar-refractivity contribution in [1.29, 1.82) is 0 Å². The summed E-state index contributed by atoms with van der Waals surface area (Å²) >= 11 is 0. The third-order valence-electron chi connectivity index (χ3n) is 5.35. The van der Waals surface area contributed by atoms with E-state index in [4.69, 9.17) is 4.74 Å². The van der Waals surface area contributed by atoms with Crippen LogP contribution in [0.5, 0.6) is 5.75 Å². The number of nitrogens with one attached hydrogen (secondary N) is 1. The van der Waals surface area contributed by atoms with Gasteiger partial charge in [0.15, 0.2) is 0 Å². The second-order valence-electron chi connectivity index (χ2n) is 9.10. The van der Waals surface area contributed by atoms with Crippen LogP contribution in [0.1, 0.15) is 27.7 Å². The van der Waals surface area contributed by atoms with Gasteiger partial charge in [0.2, 0.25) is 5.91 Å². The average molecular weight is 454 g/mol. The van der Waals surface area contributed by atoms with Crippen LogP contribution in [-0.2, 0) is 14.8 Å². The molecule has 1 aliphatic rings. The first-order valence-electron chi connectivity index (χ1n) is 10.5. The van der Waals surface area contributed by atoms with E-state index in [0.717, 1.165) is 5.39 Å². The molecule has 1 aromatic heterocycles. The molecule has 7 nitrogen and oxygen atoms in total. The van der Waals surface area contributed by atoms with E-state index in [-0.39, 0.29) is 23.3 Å². The van der Waals surface area contributed by atoms with E-state index in [2.05, 4.69) is 9.71 Å². The molecular formula is C24H27N3O4S. The van der Waals surface area contributed by atoms with E-state index in [9.17, 15) is 13.2 Å². The fourth-order valence-corrected chi connectivity index (χ4v) is 4.99. The Morgan fingerprint density at radius 1 is 1.16 bits per heavy atom. The molecule has 0 fully saturated rings. The standard InChI is InChI=1S/C24H27N3O4S/c1-16(2)14-27-19-11-10-18(13-20(19)31-15-24(3,4)23(27)28)26-32(29,30)21-9-5-7-17-8-6-12-25-22(17)21/h5-13,16,26H,14-15H2,1-4H3. The number of pyridine rings is 1. The van der Waals surface area contributed by atoms with Gasteiger partial charge >= 0.3 is 0 Å². The van der Waals surface area contributed by atoms with Crippen LogP contribution in [0.4, 0.5) is 11.4 Å². The summed E-state index contributed by atoms with van der Waals surface area (Å²) in [5.41, 5.74) is 0.712. The van der Waals surface area contributed by atoms with E-state index in [0.29, 0.717) is 29.2 Å². The molecule has 0 spiro atoms. The maximum atomic E-state index is 13.2. The number of rotatable bonds is 5. The second kappa shape index (κ2) is 8.09. The average Bonchev–Trinajstić information content (AvgIpc) is 2.83. The summed E-state index contributed by atoms with van der Waals surface area (Å²) in [7, 11) is -3.89. The number of hydrogen-bond acceptors (Lipinski definition) is 5. The lowest BCUT2D eigenvalue weighted by molar-refractivity contribution is -0.127. The minimum atomic E-state index is -3.89. The van der Waals surface area contributed by atoms with Crippen LogP contribution in [0.25, 0.3) is 10.9 Å². The molecule has 1 N–H and O–H groups in total. The molecule has 0 saturated carbocycles. The summed E-state index contributed by atoms with van der Waals surface area (Å²) in [6, 6.07) is 13.6. The first-order chi connectivity index (χ1) is 15.1. The van der Waals surface area contributed by atoms with Crippen molar-refractivity contribution in [3.63, 3.8) is 0 Å². The van der Waals surface area contributed by atoms with Crippen molar-refractivity contribution in [3.05, 3.63) is 54.7 Å². The van der Waals surface area contributed by atoms with Crippen LogP contribution in [0.15, 0.2) is 59.6 Å². The van der Waals surface area contributed by atoms with Gasteiger partial charge in [-0.1, -0.05) is 32.0 Å². The van der Waals surface area contributed by atoms with Gasteiger partial charge in [0.1, 0.15) is 17.3 Å². The number of hydrogen-bond donors (Lipinski definition) is 1. The Hall–Kier alpha value is -3.13. The van der Waals surface area contributed by atoms with E-state index >= 15 is 0 Å². The van der Waals surface area contributed by atoms with Gasteiger partial charge in [-0.2, -0.15) is 0 Å². The SMILES string of the molecule is CC(C)CN1C(=O)C(C)(C)COc2cc(NS(=O)(=O)c3cccc4cccnc34)ccc21.